The van der Waals surface area contributed by atoms with E-state index in [0.29, 0.717) is 0 Å². The molecule has 1 amide bonds. The number of benzene rings is 1. The van der Waals surface area contributed by atoms with Gasteiger partial charge in [0.05, 0.1) is 5.92 Å². The number of amides is 1. The molecule has 3 heteroatoms. The summed E-state index contributed by atoms with van der Waals surface area (Å²) in [6.07, 6.45) is 0.738. The number of hydrogen-bond acceptors (Lipinski definition) is 2. The SMILES string of the molecule is CC1=NNC(=O)[C@@H]1Cc1ccc(C)cc1. The van der Waals surface area contributed by atoms with Crippen LogP contribution >= 0.6 is 0 Å². The minimum atomic E-state index is -0.0901. The Kier molecular flexibility index (Phi) is 2.54. The molecule has 1 atom stereocenters. The quantitative estimate of drug-likeness (QED) is 0.778. The maximum absolute atomic E-state index is 11.4. The first-order valence-electron chi connectivity index (χ1n) is 5.06. The molecule has 15 heavy (non-hydrogen) atoms. The van der Waals surface area contributed by atoms with Crippen LogP contribution < -0.4 is 5.43 Å². The van der Waals surface area contributed by atoms with Gasteiger partial charge in [-0.15, -0.1) is 0 Å². The second-order valence-corrected chi connectivity index (χ2v) is 3.97. The van der Waals surface area contributed by atoms with E-state index in [0.717, 1.165) is 12.1 Å². The third kappa shape index (κ3) is 2.06. The highest BCUT2D eigenvalue weighted by Gasteiger charge is 2.26. The smallest absolute Gasteiger partial charge is 0.249 e. The molecule has 1 N–H and O–H groups in total. The van der Waals surface area contributed by atoms with Gasteiger partial charge in [0.15, 0.2) is 0 Å². The number of hydrazone groups is 1. The fraction of sp³-hybridized carbons (Fsp3) is 0.333. The van der Waals surface area contributed by atoms with Crippen LogP contribution in [0.25, 0.3) is 0 Å². The van der Waals surface area contributed by atoms with Gasteiger partial charge in [0, 0.05) is 5.71 Å². The lowest BCUT2D eigenvalue weighted by Gasteiger charge is -2.07. The topological polar surface area (TPSA) is 41.5 Å². The molecule has 1 aromatic rings. The number of aryl methyl sites for hydroxylation is 1. The molecule has 3 nitrogen and oxygen atoms in total. The maximum Gasteiger partial charge on any atom is 0.249 e. The highest BCUT2D eigenvalue weighted by Crippen LogP contribution is 2.15. The molecule has 1 aromatic carbocycles. The van der Waals surface area contributed by atoms with E-state index in [1.54, 1.807) is 0 Å². The molecule has 0 radical (unpaired) electrons. The van der Waals surface area contributed by atoms with E-state index in [-0.39, 0.29) is 11.8 Å². The maximum atomic E-state index is 11.4. The predicted octanol–water partition coefficient (Wildman–Crippen LogP) is 1.66. The Morgan fingerprint density at radius 2 is 1.93 bits per heavy atom. The van der Waals surface area contributed by atoms with Gasteiger partial charge in [0.25, 0.3) is 0 Å². The van der Waals surface area contributed by atoms with E-state index in [2.05, 4.69) is 41.7 Å². The van der Waals surface area contributed by atoms with Crippen molar-refractivity contribution >= 4 is 11.6 Å². The van der Waals surface area contributed by atoms with Gasteiger partial charge in [-0.05, 0) is 25.8 Å². The summed E-state index contributed by atoms with van der Waals surface area (Å²) in [4.78, 5) is 11.4. The zero-order valence-corrected chi connectivity index (χ0v) is 8.95. The van der Waals surface area contributed by atoms with Gasteiger partial charge < -0.3 is 0 Å². The summed E-state index contributed by atoms with van der Waals surface area (Å²) < 4.78 is 0. The Balaban J connectivity index is 2.12. The zero-order chi connectivity index (χ0) is 10.8. The number of nitrogens with zero attached hydrogens (tertiary/aromatic N) is 1. The molecule has 0 spiro atoms. The van der Waals surface area contributed by atoms with Gasteiger partial charge >= 0.3 is 0 Å². The lowest BCUT2D eigenvalue weighted by molar-refractivity contribution is -0.122. The summed E-state index contributed by atoms with van der Waals surface area (Å²) in [5, 5.41) is 3.93. The second kappa shape index (κ2) is 3.85. The first kappa shape index (κ1) is 9.90. The van der Waals surface area contributed by atoms with Crippen molar-refractivity contribution in [2.45, 2.75) is 20.3 Å². The molecular weight excluding hydrogens is 188 g/mol. The molecule has 0 aromatic heterocycles. The number of hydrogen-bond donors (Lipinski definition) is 1. The summed E-state index contributed by atoms with van der Waals surface area (Å²) in [5.41, 5.74) is 5.79. The highest BCUT2D eigenvalue weighted by atomic mass is 16.2. The van der Waals surface area contributed by atoms with Gasteiger partial charge in [0.2, 0.25) is 5.91 Å². The van der Waals surface area contributed by atoms with Crippen LogP contribution in [0.1, 0.15) is 18.1 Å². The molecule has 78 valence electrons. The Hall–Kier alpha value is -1.64. The molecule has 1 aliphatic heterocycles. The fourth-order valence-electron chi connectivity index (χ4n) is 1.69. The second-order valence-electron chi connectivity index (χ2n) is 3.97. The van der Waals surface area contributed by atoms with Crippen LogP contribution in [0.2, 0.25) is 0 Å². The molecular formula is C12H14N2O. The van der Waals surface area contributed by atoms with E-state index < -0.39 is 0 Å². The largest absolute Gasteiger partial charge is 0.272 e. The summed E-state index contributed by atoms with van der Waals surface area (Å²) in [7, 11) is 0. The lowest BCUT2D eigenvalue weighted by Crippen LogP contribution is -2.24. The van der Waals surface area contributed by atoms with Crippen molar-refractivity contribution < 1.29 is 4.79 Å². The van der Waals surface area contributed by atoms with Gasteiger partial charge in [0.1, 0.15) is 0 Å². The summed E-state index contributed by atoms with van der Waals surface area (Å²) in [5.74, 6) is -0.0826. The van der Waals surface area contributed by atoms with Gasteiger partial charge in [-0.2, -0.15) is 5.10 Å². The van der Waals surface area contributed by atoms with Crippen molar-refractivity contribution in [1.82, 2.24) is 5.43 Å². The summed E-state index contributed by atoms with van der Waals surface area (Å²) in [6.45, 7) is 3.94. The average Bonchev–Trinajstić information content (AvgIpc) is 2.53. The van der Waals surface area contributed by atoms with Crippen LogP contribution in [-0.2, 0) is 11.2 Å². The van der Waals surface area contributed by atoms with Gasteiger partial charge in [-0.1, -0.05) is 29.8 Å². The number of nitrogens with one attached hydrogen (secondary N) is 1. The van der Waals surface area contributed by atoms with Crippen LogP contribution in [0.5, 0.6) is 0 Å². The Labute approximate surface area is 89.2 Å². The first-order chi connectivity index (χ1) is 7.16. The van der Waals surface area contributed by atoms with Crippen molar-refractivity contribution in [2.24, 2.45) is 11.0 Å². The molecule has 0 fully saturated rings. The van der Waals surface area contributed by atoms with Crippen molar-refractivity contribution in [2.75, 3.05) is 0 Å². The third-order valence-electron chi connectivity index (χ3n) is 2.72. The summed E-state index contributed by atoms with van der Waals surface area (Å²) in [6, 6.07) is 8.26. The Bertz CT molecular complexity index is 406. The lowest BCUT2D eigenvalue weighted by atomic mass is 9.95. The Morgan fingerprint density at radius 1 is 1.27 bits per heavy atom. The van der Waals surface area contributed by atoms with Crippen molar-refractivity contribution in [3.05, 3.63) is 35.4 Å². The number of carbonyl (C=O) groups is 1. The molecule has 0 bridgehead atoms. The van der Waals surface area contributed by atoms with E-state index in [4.69, 9.17) is 0 Å². The first-order valence-corrected chi connectivity index (χ1v) is 5.06. The van der Waals surface area contributed by atoms with Crippen LogP contribution in [0.3, 0.4) is 0 Å². The predicted molar refractivity (Wildman–Crippen MR) is 59.6 cm³/mol. The van der Waals surface area contributed by atoms with Crippen LogP contribution in [0.4, 0.5) is 0 Å². The van der Waals surface area contributed by atoms with Gasteiger partial charge in [-0.3, -0.25) is 4.79 Å². The van der Waals surface area contributed by atoms with E-state index in [1.807, 2.05) is 6.92 Å². The van der Waals surface area contributed by atoms with E-state index >= 15 is 0 Å². The monoisotopic (exact) mass is 202 g/mol. The molecule has 0 saturated heterocycles. The van der Waals surface area contributed by atoms with Gasteiger partial charge in [-0.25, -0.2) is 5.43 Å². The molecule has 1 heterocycles. The Morgan fingerprint density at radius 3 is 2.47 bits per heavy atom. The minimum absolute atomic E-state index is 0.00748. The zero-order valence-electron chi connectivity index (χ0n) is 8.95. The van der Waals surface area contributed by atoms with E-state index in [1.165, 1.54) is 11.1 Å². The van der Waals surface area contributed by atoms with Crippen LogP contribution in [-0.4, -0.2) is 11.6 Å². The van der Waals surface area contributed by atoms with Crippen molar-refractivity contribution in [3.8, 4) is 0 Å². The normalized spacial score (nSPS) is 20.0. The van der Waals surface area contributed by atoms with Crippen molar-refractivity contribution in [3.63, 3.8) is 0 Å². The third-order valence-corrected chi connectivity index (χ3v) is 2.72. The minimum Gasteiger partial charge on any atom is -0.272 e. The average molecular weight is 202 g/mol. The number of rotatable bonds is 2. The molecule has 0 aliphatic carbocycles. The molecule has 2 rings (SSSR count). The standard InChI is InChI=1S/C12H14N2O/c1-8-3-5-10(6-4-8)7-11-9(2)13-14-12(11)15/h3-6,11H,7H2,1-2H3,(H,14,15)/t11-/m1/s1. The summed E-state index contributed by atoms with van der Waals surface area (Å²) >= 11 is 0. The molecule has 0 unspecified atom stereocenters. The van der Waals surface area contributed by atoms with Crippen molar-refractivity contribution in [1.29, 1.82) is 0 Å². The highest BCUT2D eigenvalue weighted by molar-refractivity contribution is 6.07. The number of carbonyl (C=O) groups excluding carboxylic acids is 1. The molecule has 0 saturated carbocycles. The molecule has 1 aliphatic rings. The fourth-order valence-corrected chi connectivity index (χ4v) is 1.69. The van der Waals surface area contributed by atoms with E-state index in [9.17, 15) is 4.79 Å². The van der Waals surface area contributed by atoms with Crippen LogP contribution in [0.15, 0.2) is 29.4 Å². The van der Waals surface area contributed by atoms with Crippen LogP contribution in [0, 0.1) is 12.8 Å².